The molecule has 0 fully saturated rings. The zero-order valence-electron chi connectivity index (χ0n) is 17.3. The van der Waals surface area contributed by atoms with E-state index in [1.165, 1.54) is 4.57 Å². The Morgan fingerprint density at radius 2 is 2.09 bits per heavy atom. The van der Waals surface area contributed by atoms with E-state index in [1.54, 1.807) is 6.92 Å². The maximum atomic E-state index is 14.8. The largest absolute Gasteiger partial charge is 0.420 e. The average molecular weight is 482 g/mol. The van der Waals surface area contributed by atoms with Gasteiger partial charge in [-0.05, 0) is 49.4 Å². The third-order valence-electron chi connectivity index (χ3n) is 4.95. The number of benzene rings is 2. The number of rotatable bonds is 10. The molecule has 32 heavy (non-hydrogen) atoms. The number of nitrogens with two attached hydrogens (primary N) is 2. The van der Waals surface area contributed by atoms with Crippen molar-refractivity contribution in [1.29, 1.82) is 0 Å². The second-order valence-electron chi connectivity index (χ2n) is 6.93. The van der Waals surface area contributed by atoms with Crippen LogP contribution in [0.2, 0.25) is 0 Å². The Morgan fingerprint density at radius 1 is 1.34 bits per heavy atom. The maximum Gasteiger partial charge on any atom is 0.420 e. The van der Waals surface area contributed by atoms with Gasteiger partial charge in [-0.15, -0.1) is 0 Å². The molecule has 2 aromatic carbocycles. The number of oxazole rings is 1. The summed E-state index contributed by atoms with van der Waals surface area (Å²) in [6.07, 6.45) is 2.52. The summed E-state index contributed by atoms with van der Waals surface area (Å²) in [5, 5.41) is 0. The van der Waals surface area contributed by atoms with E-state index in [-0.39, 0.29) is 17.0 Å². The first kappa shape index (κ1) is 24.0. The van der Waals surface area contributed by atoms with E-state index in [0.29, 0.717) is 6.54 Å². The Balaban J connectivity index is 2.02. The van der Waals surface area contributed by atoms with Crippen LogP contribution in [0.15, 0.2) is 54.9 Å². The molecule has 0 spiro atoms. The summed E-state index contributed by atoms with van der Waals surface area (Å²) < 4.78 is 52.2. The molecule has 172 valence electrons. The molecule has 12 heteroatoms. The number of nitrogens with one attached hydrogen (secondary N) is 1. The highest BCUT2D eigenvalue weighted by Gasteiger charge is 2.25. The van der Waals surface area contributed by atoms with Crippen LogP contribution in [0.1, 0.15) is 30.5 Å². The summed E-state index contributed by atoms with van der Waals surface area (Å²) in [6, 6.07) is 9.14. The Hall–Kier alpha value is -2.67. The minimum atomic E-state index is -4.20. The van der Waals surface area contributed by atoms with Gasteiger partial charge in [-0.25, -0.2) is 22.0 Å². The van der Waals surface area contributed by atoms with Gasteiger partial charge < -0.3 is 15.9 Å². The van der Waals surface area contributed by atoms with Gasteiger partial charge in [0.1, 0.15) is 10.7 Å². The highest BCUT2D eigenvalue weighted by atomic mass is 32.2. The van der Waals surface area contributed by atoms with Crippen LogP contribution in [0, 0.1) is 5.82 Å². The van der Waals surface area contributed by atoms with Crippen molar-refractivity contribution in [2.75, 3.05) is 12.4 Å². The van der Waals surface area contributed by atoms with Crippen molar-refractivity contribution in [3.63, 3.8) is 0 Å². The van der Waals surface area contributed by atoms with E-state index >= 15 is 0 Å². The quantitative estimate of drug-likeness (QED) is 0.132. The van der Waals surface area contributed by atoms with Gasteiger partial charge in [0.25, 0.3) is 0 Å². The van der Waals surface area contributed by atoms with Crippen LogP contribution in [0.3, 0.4) is 0 Å². The van der Waals surface area contributed by atoms with E-state index in [2.05, 4.69) is 9.12 Å². The molecule has 1 heterocycles. The minimum Gasteiger partial charge on any atom is -0.408 e. The third kappa shape index (κ3) is 5.04. The van der Waals surface area contributed by atoms with Crippen molar-refractivity contribution in [1.82, 2.24) is 9.29 Å². The zero-order chi connectivity index (χ0) is 23.3. The smallest absolute Gasteiger partial charge is 0.408 e. The Bertz CT molecular complexity index is 1290. The van der Waals surface area contributed by atoms with E-state index in [0.717, 1.165) is 54.4 Å². The van der Waals surface area contributed by atoms with E-state index in [1.807, 2.05) is 24.3 Å². The van der Waals surface area contributed by atoms with Crippen molar-refractivity contribution in [2.45, 2.75) is 30.7 Å². The SMILES string of the molecule is CC(c1ccccc1CCCN)n1c(=O)oc2cc(S(=O)(=O)NCSN=CN)c(F)cc21. The summed E-state index contributed by atoms with van der Waals surface area (Å²) >= 11 is 0.846. The number of hydrogen-bond donors (Lipinski definition) is 3. The standard InChI is InChI=1S/C20H24FN5O4S2/c1-13(15-7-3-2-5-14(15)6-4-8-22)26-17-9-16(21)19(10-18(17)30-20(26)27)32(28,29)25-12-31-24-11-23/h2-3,5,7,9-11,13,25H,4,6,8,12,22H2,1H3,(H2,23,24). The Labute approximate surface area is 188 Å². The molecule has 9 nitrogen and oxygen atoms in total. The van der Waals surface area contributed by atoms with Crippen LogP contribution in [0.4, 0.5) is 4.39 Å². The number of halogens is 1. The molecule has 1 unspecified atom stereocenters. The molecule has 1 atom stereocenters. The molecule has 0 bridgehead atoms. The molecule has 3 rings (SSSR count). The second-order valence-corrected chi connectivity index (χ2v) is 9.42. The lowest BCUT2D eigenvalue weighted by Gasteiger charge is -2.17. The normalized spacial score (nSPS) is 13.2. The van der Waals surface area contributed by atoms with Gasteiger partial charge in [0.05, 0.1) is 23.8 Å². The fraction of sp³-hybridized carbons (Fsp3) is 0.300. The van der Waals surface area contributed by atoms with E-state index in [9.17, 15) is 17.6 Å². The molecular formula is C20H24FN5O4S2. The van der Waals surface area contributed by atoms with Crippen LogP contribution in [0.5, 0.6) is 0 Å². The lowest BCUT2D eigenvalue weighted by Crippen LogP contribution is -2.24. The predicted molar refractivity (Wildman–Crippen MR) is 124 cm³/mol. The van der Waals surface area contributed by atoms with Crippen LogP contribution < -0.4 is 21.9 Å². The van der Waals surface area contributed by atoms with E-state index in [4.69, 9.17) is 15.9 Å². The van der Waals surface area contributed by atoms with Crippen molar-refractivity contribution in [3.8, 4) is 0 Å². The molecule has 0 aliphatic rings. The highest BCUT2D eigenvalue weighted by Crippen LogP contribution is 2.28. The van der Waals surface area contributed by atoms with Crippen LogP contribution in [-0.2, 0) is 16.4 Å². The first-order chi connectivity index (χ1) is 15.3. The average Bonchev–Trinajstić information content (AvgIpc) is 3.09. The summed E-state index contributed by atoms with van der Waals surface area (Å²) in [6.45, 7) is 2.34. The highest BCUT2D eigenvalue weighted by molar-refractivity contribution is 7.99. The van der Waals surface area contributed by atoms with Gasteiger partial charge in [0.2, 0.25) is 10.0 Å². The van der Waals surface area contributed by atoms with Crippen LogP contribution in [0.25, 0.3) is 11.1 Å². The van der Waals surface area contributed by atoms with Crippen molar-refractivity contribution in [3.05, 3.63) is 63.9 Å². The van der Waals surface area contributed by atoms with Gasteiger partial charge >= 0.3 is 5.76 Å². The number of aromatic nitrogens is 1. The molecule has 0 aliphatic heterocycles. The molecule has 0 amide bonds. The molecule has 1 aromatic heterocycles. The van der Waals surface area contributed by atoms with Gasteiger partial charge in [0, 0.05) is 12.1 Å². The lowest BCUT2D eigenvalue weighted by atomic mass is 9.97. The first-order valence-corrected chi connectivity index (χ1v) is 12.2. The number of hydrogen-bond acceptors (Lipinski definition) is 7. The van der Waals surface area contributed by atoms with E-state index < -0.39 is 32.5 Å². The summed E-state index contributed by atoms with van der Waals surface area (Å²) in [5.41, 5.74) is 12.7. The molecule has 3 aromatic rings. The minimum absolute atomic E-state index is 0.0318. The fourth-order valence-electron chi connectivity index (χ4n) is 3.47. The second kappa shape index (κ2) is 10.3. The number of aryl methyl sites for hydroxylation is 1. The molecule has 0 aliphatic carbocycles. The predicted octanol–water partition coefficient (Wildman–Crippen LogP) is 2.11. The Kier molecular flexibility index (Phi) is 7.72. The summed E-state index contributed by atoms with van der Waals surface area (Å²) in [5.74, 6) is -1.86. The van der Waals surface area contributed by atoms with Crippen molar-refractivity contribution < 1.29 is 17.2 Å². The van der Waals surface area contributed by atoms with Crippen molar-refractivity contribution >= 4 is 39.4 Å². The monoisotopic (exact) mass is 481 g/mol. The molecule has 0 saturated carbocycles. The van der Waals surface area contributed by atoms with Crippen LogP contribution >= 0.6 is 11.9 Å². The molecule has 0 radical (unpaired) electrons. The lowest BCUT2D eigenvalue weighted by molar-refractivity contribution is 0.488. The van der Waals surface area contributed by atoms with Crippen LogP contribution in [-0.4, -0.2) is 31.7 Å². The number of fused-ring (bicyclic) bond motifs is 1. The first-order valence-electron chi connectivity index (χ1n) is 9.77. The number of sulfonamides is 1. The fourth-order valence-corrected chi connectivity index (χ4v) is 5.20. The number of nitrogens with zero attached hydrogens (tertiary/aromatic N) is 2. The topological polar surface area (TPSA) is 146 Å². The van der Waals surface area contributed by atoms with Gasteiger partial charge in [-0.2, -0.15) is 4.72 Å². The maximum absolute atomic E-state index is 14.8. The molecule has 0 saturated heterocycles. The van der Waals surface area contributed by atoms with Crippen molar-refractivity contribution in [2.24, 2.45) is 15.9 Å². The molecular weight excluding hydrogens is 457 g/mol. The third-order valence-corrected chi connectivity index (χ3v) is 7.09. The van der Waals surface area contributed by atoms with Gasteiger partial charge in [0.15, 0.2) is 5.58 Å². The zero-order valence-corrected chi connectivity index (χ0v) is 19.0. The summed E-state index contributed by atoms with van der Waals surface area (Å²) in [4.78, 5) is 12.0. The van der Waals surface area contributed by atoms with Gasteiger partial charge in [-0.1, -0.05) is 24.3 Å². The summed E-state index contributed by atoms with van der Waals surface area (Å²) in [7, 11) is -4.20. The Morgan fingerprint density at radius 3 is 2.81 bits per heavy atom. The molecule has 5 N–H and O–H groups in total. The van der Waals surface area contributed by atoms with Gasteiger partial charge in [-0.3, -0.25) is 4.57 Å².